The summed E-state index contributed by atoms with van der Waals surface area (Å²) in [5.41, 5.74) is 0.299. The zero-order valence-corrected chi connectivity index (χ0v) is 9.97. The number of hydrogen-bond donors (Lipinski definition) is 4. The summed E-state index contributed by atoms with van der Waals surface area (Å²) in [5.74, 6) is 0. The van der Waals surface area contributed by atoms with Crippen molar-refractivity contribution < 1.29 is 15.3 Å². The van der Waals surface area contributed by atoms with Crippen molar-refractivity contribution in [3.05, 3.63) is 35.9 Å². The topological polar surface area (TPSA) is 72.7 Å². The molecule has 4 N–H and O–H groups in total. The molecule has 0 aliphatic rings. The van der Waals surface area contributed by atoms with Crippen LogP contribution in [0.3, 0.4) is 0 Å². The van der Waals surface area contributed by atoms with Gasteiger partial charge >= 0.3 is 0 Å². The van der Waals surface area contributed by atoms with Crippen molar-refractivity contribution in [1.82, 2.24) is 5.32 Å². The van der Waals surface area contributed by atoms with Crippen molar-refractivity contribution >= 4 is 0 Å². The molecule has 0 atom stereocenters. The molecular weight excluding hydrogens is 218 g/mol. The van der Waals surface area contributed by atoms with E-state index in [0.717, 1.165) is 12.8 Å². The molecule has 0 saturated heterocycles. The van der Waals surface area contributed by atoms with E-state index < -0.39 is 5.54 Å². The molecule has 4 heteroatoms. The molecule has 0 aliphatic carbocycles. The summed E-state index contributed by atoms with van der Waals surface area (Å²) in [6, 6.07) is 10.1. The van der Waals surface area contributed by atoms with E-state index in [1.54, 1.807) is 0 Å². The van der Waals surface area contributed by atoms with Crippen LogP contribution in [-0.4, -0.2) is 47.2 Å². The van der Waals surface area contributed by atoms with E-state index in [9.17, 15) is 0 Å². The molecular formula is C13H21NO3. The summed E-state index contributed by atoms with van der Waals surface area (Å²) in [6.07, 6.45) is 1.83. The Labute approximate surface area is 102 Å². The Balaban J connectivity index is 2.28. The van der Waals surface area contributed by atoms with E-state index in [4.69, 9.17) is 15.3 Å². The number of rotatable bonds is 8. The third kappa shape index (κ3) is 4.44. The van der Waals surface area contributed by atoms with Gasteiger partial charge in [0, 0.05) is 0 Å². The minimum absolute atomic E-state index is 0.272. The zero-order valence-electron chi connectivity index (χ0n) is 9.97. The average Bonchev–Trinajstić information content (AvgIpc) is 2.41. The van der Waals surface area contributed by atoms with Crippen molar-refractivity contribution in [3.63, 3.8) is 0 Å². The molecule has 17 heavy (non-hydrogen) atoms. The van der Waals surface area contributed by atoms with Crippen LogP contribution in [0.5, 0.6) is 0 Å². The Morgan fingerprint density at radius 1 is 0.941 bits per heavy atom. The molecule has 0 spiro atoms. The SMILES string of the molecule is OCC(CO)(CO)NCCCc1ccccc1. The molecule has 96 valence electrons. The molecule has 1 rings (SSSR count). The summed E-state index contributed by atoms with van der Waals surface area (Å²) >= 11 is 0. The highest BCUT2D eigenvalue weighted by Crippen LogP contribution is 2.04. The Morgan fingerprint density at radius 2 is 1.53 bits per heavy atom. The molecule has 0 saturated carbocycles. The predicted octanol–water partition coefficient (Wildman–Crippen LogP) is -0.0755. The first-order valence-electron chi connectivity index (χ1n) is 5.88. The number of benzene rings is 1. The predicted molar refractivity (Wildman–Crippen MR) is 66.8 cm³/mol. The lowest BCUT2D eigenvalue weighted by molar-refractivity contribution is 0.0427. The first kappa shape index (κ1) is 14.1. The summed E-state index contributed by atoms with van der Waals surface area (Å²) in [7, 11) is 0. The van der Waals surface area contributed by atoms with Gasteiger partial charge < -0.3 is 20.6 Å². The number of aliphatic hydroxyl groups excluding tert-OH is 3. The van der Waals surface area contributed by atoms with Gasteiger partial charge in [-0.3, -0.25) is 0 Å². The largest absolute Gasteiger partial charge is 0.394 e. The van der Waals surface area contributed by atoms with Gasteiger partial charge in [0.05, 0.1) is 25.4 Å². The van der Waals surface area contributed by atoms with Gasteiger partial charge in [0.1, 0.15) is 0 Å². The Bertz CT molecular complexity index is 291. The van der Waals surface area contributed by atoms with E-state index in [1.165, 1.54) is 5.56 Å². The van der Waals surface area contributed by atoms with E-state index in [1.807, 2.05) is 18.2 Å². The molecule has 0 aliphatic heterocycles. The number of hydrogen-bond acceptors (Lipinski definition) is 4. The maximum atomic E-state index is 9.11. The maximum Gasteiger partial charge on any atom is 0.0881 e. The van der Waals surface area contributed by atoms with E-state index in [2.05, 4.69) is 17.4 Å². The summed E-state index contributed by atoms with van der Waals surface area (Å²) in [4.78, 5) is 0. The lowest BCUT2D eigenvalue weighted by atomic mass is 10.0. The van der Waals surface area contributed by atoms with Gasteiger partial charge in [0.15, 0.2) is 0 Å². The van der Waals surface area contributed by atoms with Crippen molar-refractivity contribution in [2.45, 2.75) is 18.4 Å². The minimum atomic E-state index is -0.962. The van der Waals surface area contributed by atoms with E-state index in [-0.39, 0.29) is 19.8 Å². The van der Waals surface area contributed by atoms with Crippen LogP contribution in [0.25, 0.3) is 0 Å². The summed E-state index contributed by atoms with van der Waals surface area (Å²) in [5, 5.41) is 30.3. The molecule has 1 aromatic rings. The monoisotopic (exact) mass is 239 g/mol. The van der Waals surface area contributed by atoms with Crippen LogP contribution in [0.2, 0.25) is 0 Å². The molecule has 0 unspecified atom stereocenters. The number of aryl methyl sites for hydroxylation is 1. The van der Waals surface area contributed by atoms with Gasteiger partial charge in [-0.15, -0.1) is 0 Å². The van der Waals surface area contributed by atoms with Crippen LogP contribution in [0.15, 0.2) is 30.3 Å². The van der Waals surface area contributed by atoms with Crippen molar-refractivity contribution in [3.8, 4) is 0 Å². The normalized spacial score (nSPS) is 11.7. The molecule has 1 aromatic carbocycles. The molecule has 0 heterocycles. The second-order valence-corrected chi connectivity index (χ2v) is 4.27. The fourth-order valence-corrected chi connectivity index (χ4v) is 1.61. The molecule has 4 nitrogen and oxygen atoms in total. The van der Waals surface area contributed by atoms with Crippen LogP contribution in [-0.2, 0) is 6.42 Å². The fraction of sp³-hybridized carbons (Fsp3) is 0.538. The van der Waals surface area contributed by atoms with E-state index >= 15 is 0 Å². The van der Waals surface area contributed by atoms with Gasteiger partial charge in [-0.05, 0) is 24.9 Å². The number of aliphatic hydroxyl groups is 3. The van der Waals surface area contributed by atoms with Crippen LogP contribution >= 0.6 is 0 Å². The lowest BCUT2D eigenvalue weighted by Crippen LogP contribution is -2.55. The minimum Gasteiger partial charge on any atom is -0.394 e. The van der Waals surface area contributed by atoms with Crippen molar-refractivity contribution in [2.24, 2.45) is 0 Å². The fourth-order valence-electron chi connectivity index (χ4n) is 1.61. The van der Waals surface area contributed by atoms with Gasteiger partial charge in [0.2, 0.25) is 0 Å². The third-order valence-corrected chi connectivity index (χ3v) is 2.89. The van der Waals surface area contributed by atoms with Gasteiger partial charge in [-0.1, -0.05) is 30.3 Å². The standard InChI is InChI=1S/C13H21NO3/c15-9-13(10-16,11-17)14-8-4-7-12-5-2-1-3-6-12/h1-3,5-6,14-17H,4,7-11H2. The molecule has 0 fully saturated rings. The third-order valence-electron chi connectivity index (χ3n) is 2.89. The Morgan fingerprint density at radius 3 is 2.06 bits per heavy atom. The van der Waals surface area contributed by atoms with Gasteiger partial charge in [0.25, 0.3) is 0 Å². The van der Waals surface area contributed by atoms with Crippen LogP contribution in [0.4, 0.5) is 0 Å². The average molecular weight is 239 g/mol. The molecule has 0 amide bonds. The zero-order chi connectivity index (χ0) is 12.6. The Kier molecular flexibility index (Phi) is 6.15. The van der Waals surface area contributed by atoms with Gasteiger partial charge in [-0.2, -0.15) is 0 Å². The molecule has 0 bridgehead atoms. The first-order valence-corrected chi connectivity index (χ1v) is 5.88. The smallest absolute Gasteiger partial charge is 0.0881 e. The lowest BCUT2D eigenvalue weighted by Gasteiger charge is -2.28. The Hall–Kier alpha value is -0.940. The highest BCUT2D eigenvalue weighted by Gasteiger charge is 2.26. The van der Waals surface area contributed by atoms with Crippen LogP contribution in [0, 0.1) is 0 Å². The molecule has 0 radical (unpaired) electrons. The van der Waals surface area contributed by atoms with Crippen LogP contribution in [0.1, 0.15) is 12.0 Å². The molecule has 0 aromatic heterocycles. The quantitative estimate of drug-likeness (QED) is 0.479. The van der Waals surface area contributed by atoms with Gasteiger partial charge in [-0.25, -0.2) is 0 Å². The number of nitrogens with one attached hydrogen (secondary N) is 1. The van der Waals surface area contributed by atoms with E-state index in [0.29, 0.717) is 6.54 Å². The summed E-state index contributed by atoms with van der Waals surface area (Å²) < 4.78 is 0. The highest BCUT2D eigenvalue weighted by molar-refractivity contribution is 5.14. The highest BCUT2D eigenvalue weighted by atomic mass is 16.3. The summed E-state index contributed by atoms with van der Waals surface area (Å²) in [6.45, 7) is -0.168. The maximum absolute atomic E-state index is 9.11. The second kappa shape index (κ2) is 7.40. The second-order valence-electron chi connectivity index (χ2n) is 4.27. The van der Waals surface area contributed by atoms with Crippen molar-refractivity contribution in [2.75, 3.05) is 26.4 Å². The van der Waals surface area contributed by atoms with Crippen LogP contribution < -0.4 is 5.32 Å². The van der Waals surface area contributed by atoms with Crippen molar-refractivity contribution in [1.29, 1.82) is 0 Å². The first-order chi connectivity index (χ1) is 8.26.